The predicted octanol–water partition coefficient (Wildman–Crippen LogP) is 4.04. The van der Waals surface area contributed by atoms with Gasteiger partial charge in [0.25, 0.3) is 0 Å². The second-order valence-electron chi connectivity index (χ2n) is 11.2. The SMILES string of the molecule is CC(C)[C@@]1(C)CCC[C@H](OCC(O)C=C[C@H]2[C@@H]3CC(CCOCC(=O)O)C[C@@H]3C[C@@H]2O)C1. The molecule has 6 nitrogen and oxygen atoms in total. The minimum absolute atomic E-state index is 0.0819. The second kappa shape index (κ2) is 11.5. The van der Waals surface area contributed by atoms with Crippen LogP contribution >= 0.6 is 0 Å². The van der Waals surface area contributed by atoms with Crippen molar-refractivity contribution in [1.82, 2.24) is 0 Å². The zero-order valence-corrected chi connectivity index (χ0v) is 20.1. The standard InChI is InChI=1S/C26H44O6/c1-17(2)26(3)9-4-5-21(14-26)32-15-20(27)6-7-22-23-12-18(8-10-31-16-25(29)30)11-19(23)13-24(22)28/h6-7,17-24,27-28H,4-5,8-16H2,1-3H3,(H,29,30)/t18?,19-,20?,21+,22+,23-,24+,26+/m1/s1. The van der Waals surface area contributed by atoms with Crippen LogP contribution in [-0.4, -0.2) is 59.4 Å². The number of aliphatic hydroxyl groups excluding tert-OH is 2. The highest BCUT2D eigenvalue weighted by molar-refractivity contribution is 5.67. The molecule has 3 fully saturated rings. The molecule has 0 bridgehead atoms. The maximum atomic E-state index is 10.6. The Morgan fingerprint density at radius 3 is 2.75 bits per heavy atom. The smallest absolute Gasteiger partial charge is 0.329 e. The molecule has 184 valence electrons. The van der Waals surface area contributed by atoms with Gasteiger partial charge in [0.1, 0.15) is 6.61 Å². The number of carboxylic acid groups (broad SMARTS) is 1. The normalized spacial score (nSPS) is 38.4. The van der Waals surface area contributed by atoms with Crippen LogP contribution in [0.3, 0.4) is 0 Å². The fourth-order valence-corrected chi connectivity index (χ4v) is 6.36. The first-order chi connectivity index (χ1) is 15.2. The van der Waals surface area contributed by atoms with Crippen LogP contribution in [0, 0.1) is 35.0 Å². The summed E-state index contributed by atoms with van der Waals surface area (Å²) in [7, 11) is 0. The molecular weight excluding hydrogens is 408 g/mol. The van der Waals surface area contributed by atoms with E-state index in [-0.39, 0.29) is 24.7 Å². The van der Waals surface area contributed by atoms with Crippen molar-refractivity contribution in [2.24, 2.45) is 35.0 Å². The summed E-state index contributed by atoms with van der Waals surface area (Å²) in [6.45, 7) is 7.49. The van der Waals surface area contributed by atoms with Gasteiger partial charge >= 0.3 is 5.97 Å². The lowest BCUT2D eigenvalue weighted by Gasteiger charge is -2.41. The molecule has 3 aliphatic rings. The molecule has 3 N–H and O–H groups in total. The molecule has 0 radical (unpaired) electrons. The molecule has 8 atom stereocenters. The van der Waals surface area contributed by atoms with E-state index in [4.69, 9.17) is 14.6 Å². The van der Waals surface area contributed by atoms with Gasteiger partial charge in [0, 0.05) is 12.5 Å². The minimum atomic E-state index is -0.929. The van der Waals surface area contributed by atoms with Crippen LogP contribution in [-0.2, 0) is 14.3 Å². The van der Waals surface area contributed by atoms with Crippen molar-refractivity contribution in [3.8, 4) is 0 Å². The van der Waals surface area contributed by atoms with E-state index >= 15 is 0 Å². The average molecular weight is 453 g/mol. The number of carboxylic acids is 1. The van der Waals surface area contributed by atoms with Gasteiger partial charge in [-0.1, -0.05) is 39.3 Å². The van der Waals surface area contributed by atoms with E-state index in [0.29, 0.717) is 42.3 Å². The largest absolute Gasteiger partial charge is 0.480 e. The molecule has 0 saturated heterocycles. The zero-order valence-electron chi connectivity index (χ0n) is 20.1. The Morgan fingerprint density at radius 1 is 1.25 bits per heavy atom. The summed E-state index contributed by atoms with van der Waals surface area (Å²) in [5.74, 6) is 1.25. The van der Waals surface area contributed by atoms with Crippen LogP contribution in [0.25, 0.3) is 0 Å². The number of fused-ring (bicyclic) bond motifs is 1. The molecule has 3 aliphatic carbocycles. The summed E-state index contributed by atoms with van der Waals surface area (Å²) in [6, 6.07) is 0. The Morgan fingerprint density at radius 2 is 2.03 bits per heavy atom. The Kier molecular flexibility index (Phi) is 9.19. The van der Waals surface area contributed by atoms with Crippen LogP contribution in [0.2, 0.25) is 0 Å². The summed E-state index contributed by atoms with van der Waals surface area (Å²) < 4.78 is 11.3. The fraction of sp³-hybridized carbons (Fsp3) is 0.885. The summed E-state index contributed by atoms with van der Waals surface area (Å²) in [4.78, 5) is 10.6. The maximum absolute atomic E-state index is 10.6. The average Bonchev–Trinajstić information content (AvgIpc) is 3.24. The van der Waals surface area contributed by atoms with E-state index in [9.17, 15) is 15.0 Å². The molecule has 3 rings (SSSR count). The molecule has 0 aliphatic heterocycles. The lowest BCUT2D eigenvalue weighted by Crippen LogP contribution is -2.35. The lowest BCUT2D eigenvalue weighted by atomic mass is 9.67. The molecule has 0 heterocycles. The summed E-state index contributed by atoms with van der Waals surface area (Å²) in [5.41, 5.74) is 0.324. The molecule has 6 heteroatoms. The molecule has 3 saturated carbocycles. The van der Waals surface area contributed by atoms with Gasteiger partial charge in [-0.15, -0.1) is 0 Å². The van der Waals surface area contributed by atoms with E-state index in [1.54, 1.807) is 0 Å². The topological polar surface area (TPSA) is 96.2 Å². The van der Waals surface area contributed by atoms with Crippen LogP contribution in [0.5, 0.6) is 0 Å². The van der Waals surface area contributed by atoms with Crippen molar-refractivity contribution >= 4 is 5.97 Å². The Labute approximate surface area is 193 Å². The highest BCUT2D eigenvalue weighted by Gasteiger charge is 2.46. The maximum Gasteiger partial charge on any atom is 0.329 e. The van der Waals surface area contributed by atoms with Crippen molar-refractivity contribution in [1.29, 1.82) is 0 Å². The van der Waals surface area contributed by atoms with Gasteiger partial charge in [-0.2, -0.15) is 0 Å². The number of aliphatic carboxylic acids is 1. The Hall–Kier alpha value is -0.950. The summed E-state index contributed by atoms with van der Waals surface area (Å²) in [6.07, 6.45) is 11.4. The van der Waals surface area contributed by atoms with Gasteiger partial charge in [0.2, 0.25) is 0 Å². The van der Waals surface area contributed by atoms with Crippen LogP contribution in [0.15, 0.2) is 12.2 Å². The van der Waals surface area contributed by atoms with Gasteiger partial charge in [0.05, 0.1) is 24.9 Å². The Balaban J connectivity index is 1.42. The first-order valence-corrected chi connectivity index (χ1v) is 12.6. The van der Waals surface area contributed by atoms with Crippen molar-refractivity contribution < 1.29 is 29.6 Å². The predicted molar refractivity (Wildman–Crippen MR) is 123 cm³/mol. The monoisotopic (exact) mass is 452 g/mol. The third kappa shape index (κ3) is 6.78. The van der Waals surface area contributed by atoms with Crippen LogP contribution in [0.4, 0.5) is 0 Å². The molecule has 32 heavy (non-hydrogen) atoms. The van der Waals surface area contributed by atoms with Crippen molar-refractivity contribution in [3.05, 3.63) is 12.2 Å². The molecule has 0 spiro atoms. The van der Waals surface area contributed by atoms with E-state index in [2.05, 4.69) is 20.8 Å². The molecule has 0 aromatic heterocycles. The van der Waals surface area contributed by atoms with Crippen molar-refractivity contribution in [2.75, 3.05) is 19.8 Å². The van der Waals surface area contributed by atoms with E-state index in [1.165, 1.54) is 12.8 Å². The van der Waals surface area contributed by atoms with Crippen molar-refractivity contribution in [2.45, 2.75) is 90.4 Å². The number of hydrogen-bond donors (Lipinski definition) is 3. The number of rotatable bonds is 11. The molecule has 0 aromatic rings. The van der Waals surface area contributed by atoms with Gasteiger partial charge in [-0.05, 0) is 74.0 Å². The number of hydrogen-bond acceptors (Lipinski definition) is 5. The highest BCUT2D eigenvalue weighted by Crippen LogP contribution is 2.51. The molecule has 0 aromatic carbocycles. The van der Waals surface area contributed by atoms with Gasteiger partial charge < -0.3 is 24.8 Å². The number of carbonyl (C=O) groups is 1. The van der Waals surface area contributed by atoms with E-state index in [0.717, 1.165) is 38.5 Å². The van der Waals surface area contributed by atoms with Crippen LogP contribution < -0.4 is 0 Å². The molecule has 2 unspecified atom stereocenters. The lowest BCUT2D eigenvalue weighted by molar-refractivity contribution is -0.142. The van der Waals surface area contributed by atoms with E-state index in [1.807, 2.05) is 12.2 Å². The van der Waals surface area contributed by atoms with Gasteiger partial charge in [0.15, 0.2) is 0 Å². The quantitative estimate of drug-likeness (QED) is 0.323. The minimum Gasteiger partial charge on any atom is -0.480 e. The molecule has 0 amide bonds. The zero-order chi connectivity index (χ0) is 23.3. The first kappa shape index (κ1) is 25.7. The number of ether oxygens (including phenoxy) is 2. The van der Waals surface area contributed by atoms with Crippen LogP contribution in [0.1, 0.15) is 72.1 Å². The first-order valence-electron chi connectivity index (χ1n) is 12.6. The summed E-state index contributed by atoms with van der Waals surface area (Å²) in [5, 5.41) is 29.7. The van der Waals surface area contributed by atoms with E-state index < -0.39 is 12.1 Å². The third-order valence-corrected chi connectivity index (χ3v) is 8.65. The fourth-order valence-electron chi connectivity index (χ4n) is 6.36. The summed E-state index contributed by atoms with van der Waals surface area (Å²) >= 11 is 0. The molecular formula is C26H44O6. The highest BCUT2D eigenvalue weighted by atomic mass is 16.5. The van der Waals surface area contributed by atoms with Gasteiger partial charge in [-0.3, -0.25) is 0 Å². The van der Waals surface area contributed by atoms with Gasteiger partial charge in [-0.25, -0.2) is 4.79 Å². The second-order valence-corrected chi connectivity index (χ2v) is 11.2. The Bertz CT molecular complexity index is 634. The third-order valence-electron chi connectivity index (χ3n) is 8.65. The number of aliphatic hydroxyl groups is 2. The van der Waals surface area contributed by atoms with Crippen molar-refractivity contribution in [3.63, 3.8) is 0 Å².